The number of benzene rings is 1. The van der Waals surface area contributed by atoms with Crippen LogP contribution in [0.5, 0.6) is 0 Å². The number of amides is 1. The van der Waals surface area contributed by atoms with Gasteiger partial charge in [-0.25, -0.2) is 4.39 Å². The first kappa shape index (κ1) is 10.6. The van der Waals surface area contributed by atoms with Crippen LogP contribution in [0.3, 0.4) is 0 Å². The fraction of sp³-hybridized carbons (Fsp3) is 0.300. The summed E-state index contributed by atoms with van der Waals surface area (Å²) in [7, 11) is 0. The molecule has 0 saturated carbocycles. The molecule has 0 aliphatic carbocycles. The van der Waals surface area contributed by atoms with Crippen molar-refractivity contribution in [2.75, 3.05) is 18.4 Å². The van der Waals surface area contributed by atoms with Gasteiger partial charge in [-0.2, -0.15) is 0 Å². The molecular weight excluding hydrogens is 263 g/mol. The van der Waals surface area contributed by atoms with Crippen LogP contribution in [0.2, 0.25) is 0 Å². The second-order valence-electron chi connectivity index (χ2n) is 3.44. The van der Waals surface area contributed by atoms with Gasteiger partial charge in [0, 0.05) is 17.6 Å². The zero-order valence-electron chi connectivity index (χ0n) is 7.89. The van der Waals surface area contributed by atoms with Gasteiger partial charge >= 0.3 is 0 Å². The normalized spacial score (nSPS) is 15.9. The Morgan fingerprint density at radius 2 is 2.27 bits per heavy atom. The Bertz CT molecular complexity index is 373. The molecule has 2 rings (SSSR count). The SMILES string of the molecule is O=C(Nc1c(F)cccc1Br)C1CNC1. The van der Waals surface area contributed by atoms with E-state index in [4.69, 9.17) is 0 Å². The molecule has 1 heterocycles. The van der Waals surface area contributed by atoms with Crippen LogP contribution in [0.15, 0.2) is 22.7 Å². The van der Waals surface area contributed by atoms with Crippen molar-refractivity contribution >= 4 is 27.5 Å². The first-order valence-electron chi connectivity index (χ1n) is 4.64. The molecule has 80 valence electrons. The zero-order valence-corrected chi connectivity index (χ0v) is 9.47. The summed E-state index contributed by atoms with van der Waals surface area (Å²) >= 11 is 3.19. The third-order valence-electron chi connectivity index (χ3n) is 2.36. The van der Waals surface area contributed by atoms with Gasteiger partial charge in [-0.1, -0.05) is 6.07 Å². The highest BCUT2D eigenvalue weighted by molar-refractivity contribution is 9.10. The van der Waals surface area contributed by atoms with Crippen LogP contribution in [0.25, 0.3) is 0 Å². The van der Waals surface area contributed by atoms with Crippen LogP contribution in [0.1, 0.15) is 0 Å². The van der Waals surface area contributed by atoms with Crippen molar-refractivity contribution < 1.29 is 9.18 Å². The smallest absolute Gasteiger partial charge is 0.230 e. The number of hydrogen-bond acceptors (Lipinski definition) is 2. The molecule has 1 aromatic carbocycles. The average molecular weight is 273 g/mol. The molecule has 1 aliphatic heterocycles. The summed E-state index contributed by atoms with van der Waals surface area (Å²) in [5.74, 6) is -0.610. The Kier molecular flexibility index (Phi) is 3.02. The van der Waals surface area contributed by atoms with Crippen molar-refractivity contribution in [2.45, 2.75) is 0 Å². The van der Waals surface area contributed by atoms with Gasteiger partial charge in [0.05, 0.1) is 11.6 Å². The summed E-state index contributed by atoms with van der Waals surface area (Å²) in [6.07, 6.45) is 0. The largest absolute Gasteiger partial charge is 0.322 e. The molecule has 0 bridgehead atoms. The van der Waals surface area contributed by atoms with Crippen molar-refractivity contribution in [3.63, 3.8) is 0 Å². The topological polar surface area (TPSA) is 41.1 Å². The predicted molar refractivity (Wildman–Crippen MR) is 59.1 cm³/mol. The van der Waals surface area contributed by atoms with E-state index in [1.807, 2.05) is 0 Å². The minimum absolute atomic E-state index is 0.0449. The van der Waals surface area contributed by atoms with E-state index in [1.165, 1.54) is 6.07 Å². The monoisotopic (exact) mass is 272 g/mol. The minimum atomic E-state index is -0.426. The van der Waals surface area contributed by atoms with Crippen LogP contribution in [-0.2, 0) is 4.79 Å². The van der Waals surface area contributed by atoms with E-state index in [-0.39, 0.29) is 17.5 Å². The van der Waals surface area contributed by atoms with Gasteiger partial charge in [-0.15, -0.1) is 0 Å². The van der Waals surface area contributed by atoms with Gasteiger partial charge in [0.25, 0.3) is 0 Å². The fourth-order valence-electron chi connectivity index (χ4n) is 1.32. The van der Waals surface area contributed by atoms with E-state index in [1.54, 1.807) is 12.1 Å². The molecular formula is C10H10BrFN2O. The highest BCUT2D eigenvalue weighted by atomic mass is 79.9. The van der Waals surface area contributed by atoms with Gasteiger partial charge in [-0.05, 0) is 28.1 Å². The molecule has 2 N–H and O–H groups in total. The third-order valence-corrected chi connectivity index (χ3v) is 3.02. The second kappa shape index (κ2) is 4.28. The van der Waals surface area contributed by atoms with Crippen LogP contribution < -0.4 is 10.6 Å². The zero-order chi connectivity index (χ0) is 10.8. The number of anilines is 1. The Hall–Kier alpha value is -0.940. The maximum Gasteiger partial charge on any atom is 0.230 e. The number of carbonyl (C=O) groups excluding carboxylic acids is 1. The summed E-state index contributed by atoms with van der Waals surface area (Å²) in [5, 5.41) is 5.57. The molecule has 1 aromatic rings. The van der Waals surface area contributed by atoms with Crippen LogP contribution in [0.4, 0.5) is 10.1 Å². The molecule has 1 saturated heterocycles. The molecule has 0 aromatic heterocycles. The van der Waals surface area contributed by atoms with E-state index in [2.05, 4.69) is 26.6 Å². The van der Waals surface area contributed by atoms with Crippen molar-refractivity contribution in [2.24, 2.45) is 5.92 Å². The number of rotatable bonds is 2. The van der Waals surface area contributed by atoms with Crippen molar-refractivity contribution in [3.8, 4) is 0 Å². The van der Waals surface area contributed by atoms with E-state index in [0.717, 1.165) is 0 Å². The molecule has 0 radical (unpaired) electrons. The number of hydrogen-bond donors (Lipinski definition) is 2. The molecule has 0 atom stereocenters. The lowest BCUT2D eigenvalue weighted by atomic mass is 10.0. The number of carbonyl (C=O) groups is 1. The first-order chi connectivity index (χ1) is 7.18. The lowest BCUT2D eigenvalue weighted by molar-refractivity contribution is -0.121. The molecule has 1 amide bonds. The highest BCUT2D eigenvalue weighted by Gasteiger charge is 2.25. The molecule has 0 unspecified atom stereocenters. The third kappa shape index (κ3) is 2.18. The maximum absolute atomic E-state index is 13.3. The Morgan fingerprint density at radius 1 is 1.53 bits per heavy atom. The minimum Gasteiger partial charge on any atom is -0.322 e. The first-order valence-corrected chi connectivity index (χ1v) is 5.43. The molecule has 1 aliphatic rings. The molecule has 1 fully saturated rings. The average Bonchev–Trinajstić information content (AvgIpc) is 2.08. The second-order valence-corrected chi connectivity index (χ2v) is 4.30. The molecule has 15 heavy (non-hydrogen) atoms. The fourth-order valence-corrected chi connectivity index (χ4v) is 1.76. The Morgan fingerprint density at radius 3 is 2.80 bits per heavy atom. The van der Waals surface area contributed by atoms with Crippen LogP contribution in [0, 0.1) is 11.7 Å². The molecule has 5 heteroatoms. The molecule has 3 nitrogen and oxygen atoms in total. The van der Waals surface area contributed by atoms with Gasteiger partial charge in [0.1, 0.15) is 5.82 Å². The van der Waals surface area contributed by atoms with Crippen molar-refractivity contribution in [1.82, 2.24) is 5.32 Å². The van der Waals surface area contributed by atoms with E-state index < -0.39 is 5.82 Å². The van der Waals surface area contributed by atoms with Gasteiger partial charge in [0.15, 0.2) is 0 Å². The van der Waals surface area contributed by atoms with Gasteiger partial charge in [-0.3, -0.25) is 4.79 Å². The van der Waals surface area contributed by atoms with Gasteiger partial charge in [0.2, 0.25) is 5.91 Å². The summed E-state index contributed by atoms with van der Waals surface area (Å²) in [6, 6.07) is 4.59. The number of nitrogens with one attached hydrogen (secondary N) is 2. The van der Waals surface area contributed by atoms with E-state index in [9.17, 15) is 9.18 Å². The van der Waals surface area contributed by atoms with E-state index >= 15 is 0 Å². The van der Waals surface area contributed by atoms with Crippen molar-refractivity contribution in [1.29, 1.82) is 0 Å². The summed E-state index contributed by atoms with van der Waals surface area (Å²) in [4.78, 5) is 11.6. The van der Waals surface area contributed by atoms with Crippen LogP contribution >= 0.6 is 15.9 Å². The Labute approximate surface area is 95.2 Å². The molecule has 0 spiro atoms. The predicted octanol–water partition coefficient (Wildman–Crippen LogP) is 1.75. The van der Waals surface area contributed by atoms with Crippen LogP contribution in [-0.4, -0.2) is 19.0 Å². The Balaban J connectivity index is 2.12. The standard InChI is InChI=1S/C10H10BrFN2O/c11-7-2-1-3-8(12)9(7)14-10(15)6-4-13-5-6/h1-3,6,13H,4-5H2,(H,14,15). The summed E-state index contributed by atoms with van der Waals surface area (Å²) < 4.78 is 13.9. The lowest BCUT2D eigenvalue weighted by Crippen LogP contribution is -2.48. The number of halogens is 2. The quantitative estimate of drug-likeness (QED) is 0.861. The summed E-state index contributed by atoms with van der Waals surface area (Å²) in [6.45, 7) is 1.33. The summed E-state index contributed by atoms with van der Waals surface area (Å²) in [5.41, 5.74) is 0.217. The highest BCUT2D eigenvalue weighted by Crippen LogP contribution is 2.25. The van der Waals surface area contributed by atoms with E-state index in [0.29, 0.717) is 17.6 Å². The lowest BCUT2D eigenvalue weighted by Gasteiger charge is -2.26. The van der Waals surface area contributed by atoms with Crippen molar-refractivity contribution in [3.05, 3.63) is 28.5 Å². The number of para-hydroxylation sites is 1. The van der Waals surface area contributed by atoms with Gasteiger partial charge < -0.3 is 10.6 Å². The maximum atomic E-state index is 13.3.